The van der Waals surface area contributed by atoms with E-state index < -0.39 is 22.8 Å². The van der Waals surface area contributed by atoms with Crippen LogP contribution in [-0.2, 0) is 20.6 Å². The van der Waals surface area contributed by atoms with E-state index in [4.69, 9.17) is 0 Å². The van der Waals surface area contributed by atoms with E-state index in [-0.39, 0.29) is 22.9 Å². The first-order valence-corrected chi connectivity index (χ1v) is 10.1. The lowest BCUT2D eigenvalue weighted by molar-refractivity contribution is 0.0814. The number of carbonyl (C=O) groups is 1. The van der Waals surface area contributed by atoms with Crippen LogP contribution in [0.25, 0.3) is 0 Å². The Labute approximate surface area is 185 Å². The van der Waals surface area contributed by atoms with Crippen LogP contribution >= 0.6 is 0 Å². The maximum absolute atomic E-state index is 12.7. The number of aromatic nitrogens is 4. The smallest absolute Gasteiger partial charge is 0.290 e. The Morgan fingerprint density at radius 3 is 2.34 bits per heavy atom. The summed E-state index contributed by atoms with van der Waals surface area (Å²) in [6.07, 6.45) is 0. The number of aromatic amines is 1. The number of hydrogen-bond donors (Lipinski definition) is 4. The van der Waals surface area contributed by atoms with Crippen LogP contribution in [0.1, 0.15) is 29.9 Å². The van der Waals surface area contributed by atoms with Crippen molar-refractivity contribution in [2.45, 2.75) is 20.4 Å². The highest BCUT2D eigenvalue weighted by Crippen LogP contribution is 2.30. The third kappa shape index (κ3) is 4.99. The van der Waals surface area contributed by atoms with Crippen LogP contribution in [-0.4, -0.2) is 49.6 Å². The molecule has 0 aliphatic heterocycles. The summed E-state index contributed by atoms with van der Waals surface area (Å²) in [5, 5.41) is 22.7. The minimum Gasteiger partial charge on any atom is -0.503 e. The van der Waals surface area contributed by atoms with Gasteiger partial charge in [-0.2, -0.15) is 5.10 Å². The van der Waals surface area contributed by atoms with Crippen molar-refractivity contribution in [1.29, 1.82) is 0 Å². The molecule has 32 heavy (non-hydrogen) atoms. The summed E-state index contributed by atoms with van der Waals surface area (Å²) >= 11 is 0. The van der Waals surface area contributed by atoms with Crippen molar-refractivity contribution in [3.63, 3.8) is 0 Å². The minimum absolute atomic E-state index is 0.00695. The molecule has 0 saturated heterocycles. The van der Waals surface area contributed by atoms with E-state index in [9.17, 15) is 19.5 Å². The van der Waals surface area contributed by atoms with Crippen LogP contribution in [0.2, 0.25) is 0 Å². The summed E-state index contributed by atoms with van der Waals surface area (Å²) in [7, 11) is 5.97. The lowest BCUT2D eigenvalue weighted by Crippen LogP contribution is -2.31. The molecule has 3 aromatic rings. The molecule has 11 heteroatoms. The zero-order chi connectivity index (χ0) is 24.0. The largest absolute Gasteiger partial charge is 0.503 e. The molecule has 0 atom stereocenters. The van der Waals surface area contributed by atoms with Crippen LogP contribution in [0.5, 0.6) is 5.75 Å². The maximum atomic E-state index is 12.7. The second-order valence-electron chi connectivity index (χ2n) is 6.89. The molecular formula is C21H29N7O4. The van der Waals surface area contributed by atoms with Gasteiger partial charge < -0.3 is 20.6 Å². The molecule has 2 aromatic heterocycles. The van der Waals surface area contributed by atoms with Gasteiger partial charge in [0, 0.05) is 34.7 Å². The van der Waals surface area contributed by atoms with Crippen molar-refractivity contribution in [2.75, 3.05) is 24.7 Å². The van der Waals surface area contributed by atoms with Crippen LogP contribution in [0, 0.1) is 0 Å². The molecule has 1 aromatic carbocycles. The van der Waals surface area contributed by atoms with Gasteiger partial charge in [-0.15, -0.1) is 0 Å². The van der Waals surface area contributed by atoms with Crippen LogP contribution < -0.4 is 21.8 Å². The predicted octanol–water partition coefficient (Wildman–Crippen LogP) is 1.60. The predicted molar refractivity (Wildman–Crippen MR) is 124 cm³/mol. The van der Waals surface area contributed by atoms with Crippen molar-refractivity contribution >= 4 is 23.1 Å². The molecule has 0 aliphatic carbocycles. The molecule has 4 N–H and O–H groups in total. The Balaban J connectivity index is 0.00000176. The van der Waals surface area contributed by atoms with Gasteiger partial charge in [-0.3, -0.25) is 28.8 Å². The fourth-order valence-corrected chi connectivity index (χ4v) is 2.88. The standard InChI is InChI=1S/C19H23N7O4.C2H6/c1-24(2)19(30)14-15(27)16(22-25(14)3)21-13-12(17(28)23-26(4)18(13)29)20-10-11-8-6-5-7-9-11;1-2/h5-9,20,27H,10H2,1-4H3,(H,21,22)(H,23,28);1-2H3. The van der Waals surface area contributed by atoms with Gasteiger partial charge in [0.05, 0.1) is 0 Å². The molecule has 0 radical (unpaired) electrons. The fourth-order valence-electron chi connectivity index (χ4n) is 2.88. The number of anilines is 3. The SMILES string of the molecule is CC.CN(C)C(=O)c1c(O)c(Nc2c(NCc3ccccc3)c(=O)[nH]n(C)c2=O)nn1C. The zero-order valence-electron chi connectivity index (χ0n) is 19.1. The Morgan fingerprint density at radius 1 is 1.12 bits per heavy atom. The number of aryl methyl sites for hydroxylation is 2. The topological polar surface area (TPSA) is 137 Å². The molecule has 172 valence electrons. The number of benzene rings is 1. The summed E-state index contributed by atoms with van der Waals surface area (Å²) < 4.78 is 2.22. The Morgan fingerprint density at radius 2 is 1.75 bits per heavy atom. The van der Waals surface area contributed by atoms with E-state index in [1.807, 2.05) is 44.2 Å². The third-order valence-electron chi connectivity index (χ3n) is 4.45. The van der Waals surface area contributed by atoms with Crippen molar-refractivity contribution in [3.8, 4) is 5.75 Å². The molecule has 1 amide bonds. The van der Waals surface area contributed by atoms with Gasteiger partial charge in [0.1, 0.15) is 11.4 Å². The Bertz CT molecular complexity index is 1190. The van der Waals surface area contributed by atoms with Crippen molar-refractivity contribution in [3.05, 3.63) is 62.3 Å². The number of nitrogens with one attached hydrogen (secondary N) is 3. The first kappa shape index (κ1) is 24.3. The molecule has 2 heterocycles. The molecule has 0 saturated carbocycles. The molecule has 0 spiro atoms. The molecule has 0 aliphatic rings. The highest BCUT2D eigenvalue weighted by Gasteiger charge is 2.25. The number of rotatable bonds is 6. The molecule has 0 unspecified atom stereocenters. The quantitative estimate of drug-likeness (QED) is 0.454. The summed E-state index contributed by atoms with van der Waals surface area (Å²) in [4.78, 5) is 38.8. The average molecular weight is 444 g/mol. The average Bonchev–Trinajstić information content (AvgIpc) is 3.05. The van der Waals surface area contributed by atoms with Crippen LogP contribution in [0.15, 0.2) is 39.9 Å². The van der Waals surface area contributed by atoms with Crippen molar-refractivity contribution in [1.82, 2.24) is 24.5 Å². The number of H-pyrrole nitrogens is 1. The van der Waals surface area contributed by atoms with Crippen LogP contribution in [0.3, 0.4) is 0 Å². The summed E-state index contributed by atoms with van der Waals surface area (Å²) in [6.45, 7) is 4.30. The number of hydrogen-bond acceptors (Lipinski definition) is 7. The van der Waals surface area contributed by atoms with Gasteiger partial charge >= 0.3 is 0 Å². The van der Waals surface area contributed by atoms with E-state index in [2.05, 4.69) is 20.8 Å². The van der Waals surface area contributed by atoms with Gasteiger partial charge in [-0.1, -0.05) is 44.2 Å². The first-order chi connectivity index (χ1) is 15.2. The zero-order valence-corrected chi connectivity index (χ0v) is 19.1. The third-order valence-corrected chi connectivity index (χ3v) is 4.45. The maximum Gasteiger partial charge on any atom is 0.290 e. The summed E-state index contributed by atoms with van der Waals surface area (Å²) in [5.74, 6) is -1.00. The number of nitrogens with zero attached hydrogens (tertiary/aromatic N) is 4. The highest BCUT2D eigenvalue weighted by atomic mass is 16.3. The van der Waals surface area contributed by atoms with Gasteiger partial charge in [-0.05, 0) is 5.56 Å². The second-order valence-corrected chi connectivity index (χ2v) is 6.89. The highest BCUT2D eigenvalue weighted by molar-refractivity contribution is 5.97. The lowest BCUT2D eigenvalue weighted by atomic mass is 10.2. The van der Waals surface area contributed by atoms with Gasteiger partial charge in [0.15, 0.2) is 17.3 Å². The normalized spacial score (nSPS) is 10.2. The molecule has 0 bridgehead atoms. The van der Waals surface area contributed by atoms with Crippen LogP contribution in [0.4, 0.5) is 17.2 Å². The second kappa shape index (κ2) is 10.3. The lowest BCUT2D eigenvalue weighted by Gasteiger charge is -2.13. The Hall–Kier alpha value is -4.02. The molecule has 0 fully saturated rings. The Kier molecular flexibility index (Phi) is 7.83. The van der Waals surface area contributed by atoms with Gasteiger partial charge in [0.2, 0.25) is 0 Å². The van der Waals surface area contributed by atoms with Gasteiger partial charge in [0.25, 0.3) is 17.0 Å². The van der Waals surface area contributed by atoms with E-state index in [0.29, 0.717) is 6.54 Å². The van der Waals surface area contributed by atoms with E-state index in [1.165, 1.54) is 23.7 Å². The van der Waals surface area contributed by atoms with Gasteiger partial charge in [-0.25, -0.2) is 0 Å². The van der Waals surface area contributed by atoms with E-state index in [0.717, 1.165) is 10.2 Å². The molecule has 11 nitrogen and oxygen atoms in total. The summed E-state index contributed by atoms with van der Waals surface area (Å²) in [6, 6.07) is 9.34. The molecular weight excluding hydrogens is 414 g/mol. The monoisotopic (exact) mass is 443 g/mol. The first-order valence-electron chi connectivity index (χ1n) is 10.1. The number of carbonyl (C=O) groups excluding carboxylic acids is 1. The fraction of sp³-hybridized carbons (Fsp3) is 0.333. The minimum atomic E-state index is -0.546. The summed E-state index contributed by atoms with van der Waals surface area (Å²) in [5.41, 5.74) is -0.334. The number of aromatic hydroxyl groups is 1. The van der Waals surface area contributed by atoms with Crippen molar-refractivity contribution in [2.24, 2.45) is 14.1 Å². The number of amides is 1. The van der Waals surface area contributed by atoms with E-state index >= 15 is 0 Å². The van der Waals surface area contributed by atoms with E-state index in [1.54, 1.807) is 14.1 Å². The van der Waals surface area contributed by atoms with Crippen molar-refractivity contribution < 1.29 is 9.90 Å². The molecule has 3 rings (SSSR count).